The van der Waals surface area contributed by atoms with Crippen molar-refractivity contribution in [1.82, 2.24) is 5.32 Å². The average Bonchev–Trinajstić information content (AvgIpc) is 2.95. The van der Waals surface area contributed by atoms with E-state index in [0.29, 0.717) is 5.41 Å². The standard InChI is InChI=1S/C10H19NO/c1-2-12-8-10(5-6-10)7-11-9-3-4-9/h9,11H,2-8H2,1H3. The van der Waals surface area contributed by atoms with E-state index >= 15 is 0 Å². The van der Waals surface area contributed by atoms with Crippen LogP contribution in [0.3, 0.4) is 0 Å². The first-order chi connectivity index (χ1) is 5.85. The Kier molecular flexibility index (Phi) is 2.37. The monoisotopic (exact) mass is 169 g/mol. The van der Waals surface area contributed by atoms with Gasteiger partial charge < -0.3 is 10.1 Å². The summed E-state index contributed by atoms with van der Waals surface area (Å²) in [6.45, 7) is 5.11. The lowest BCUT2D eigenvalue weighted by Crippen LogP contribution is -2.28. The van der Waals surface area contributed by atoms with Gasteiger partial charge in [0, 0.05) is 24.6 Å². The molecule has 0 aromatic carbocycles. The molecule has 2 aliphatic rings. The SMILES string of the molecule is CCOCC1(CNC2CC2)CC1. The van der Waals surface area contributed by atoms with Gasteiger partial charge in [-0.2, -0.15) is 0 Å². The van der Waals surface area contributed by atoms with Crippen LogP contribution in [0.2, 0.25) is 0 Å². The van der Waals surface area contributed by atoms with E-state index in [1.165, 1.54) is 32.2 Å². The summed E-state index contributed by atoms with van der Waals surface area (Å²) in [4.78, 5) is 0. The lowest BCUT2D eigenvalue weighted by molar-refractivity contribution is 0.0998. The summed E-state index contributed by atoms with van der Waals surface area (Å²) in [6.07, 6.45) is 5.52. The van der Waals surface area contributed by atoms with E-state index < -0.39 is 0 Å². The number of ether oxygens (including phenoxy) is 1. The van der Waals surface area contributed by atoms with Crippen LogP contribution in [0.4, 0.5) is 0 Å². The van der Waals surface area contributed by atoms with Crippen LogP contribution in [0.1, 0.15) is 32.6 Å². The van der Waals surface area contributed by atoms with Crippen molar-refractivity contribution in [2.45, 2.75) is 38.6 Å². The summed E-state index contributed by atoms with van der Waals surface area (Å²) in [7, 11) is 0. The fourth-order valence-electron chi connectivity index (χ4n) is 1.52. The predicted molar refractivity (Wildman–Crippen MR) is 49.2 cm³/mol. The second-order valence-electron chi connectivity index (χ2n) is 4.29. The molecule has 0 heterocycles. The van der Waals surface area contributed by atoms with E-state index in [0.717, 1.165) is 19.3 Å². The lowest BCUT2D eigenvalue weighted by Gasteiger charge is -2.15. The molecule has 0 spiro atoms. The zero-order chi connectivity index (χ0) is 8.44. The first-order valence-corrected chi connectivity index (χ1v) is 5.16. The van der Waals surface area contributed by atoms with Crippen molar-refractivity contribution in [1.29, 1.82) is 0 Å². The van der Waals surface area contributed by atoms with E-state index in [-0.39, 0.29) is 0 Å². The number of nitrogens with one attached hydrogen (secondary N) is 1. The van der Waals surface area contributed by atoms with Crippen molar-refractivity contribution in [3.05, 3.63) is 0 Å². The van der Waals surface area contributed by atoms with Crippen LogP contribution in [0.15, 0.2) is 0 Å². The molecule has 12 heavy (non-hydrogen) atoms. The molecule has 2 aliphatic carbocycles. The van der Waals surface area contributed by atoms with Gasteiger partial charge in [-0.15, -0.1) is 0 Å². The Morgan fingerprint density at radius 3 is 2.67 bits per heavy atom. The van der Waals surface area contributed by atoms with Gasteiger partial charge in [0.25, 0.3) is 0 Å². The topological polar surface area (TPSA) is 21.3 Å². The molecule has 0 amide bonds. The molecule has 2 heteroatoms. The van der Waals surface area contributed by atoms with Gasteiger partial charge >= 0.3 is 0 Å². The van der Waals surface area contributed by atoms with E-state index in [1.807, 2.05) is 0 Å². The molecule has 2 rings (SSSR count). The Morgan fingerprint density at radius 1 is 1.42 bits per heavy atom. The van der Waals surface area contributed by atoms with Crippen LogP contribution in [0.5, 0.6) is 0 Å². The Morgan fingerprint density at radius 2 is 2.17 bits per heavy atom. The molecule has 1 N–H and O–H groups in total. The molecular weight excluding hydrogens is 150 g/mol. The first kappa shape index (κ1) is 8.52. The molecule has 2 nitrogen and oxygen atoms in total. The molecule has 0 saturated heterocycles. The maximum absolute atomic E-state index is 5.47. The Hall–Kier alpha value is -0.0800. The number of hydrogen-bond acceptors (Lipinski definition) is 2. The molecule has 2 saturated carbocycles. The maximum atomic E-state index is 5.47. The lowest BCUT2D eigenvalue weighted by atomic mass is 10.1. The van der Waals surface area contributed by atoms with Crippen LogP contribution in [0, 0.1) is 5.41 Å². The highest BCUT2D eigenvalue weighted by Gasteiger charge is 2.43. The summed E-state index contributed by atoms with van der Waals surface area (Å²) in [5, 5.41) is 3.59. The van der Waals surface area contributed by atoms with Gasteiger partial charge in [-0.3, -0.25) is 0 Å². The van der Waals surface area contributed by atoms with Crippen molar-refractivity contribution in [3.63, 3.8) is 0 Å². The third-order valence-corrected chi connectivity index (χ3v) is 2.91. The largest absolute Gasteiger partial charge is 0.381 e. The summed E-state index contributed by atoms with van der Waals surface area (Å²) in [5.41, 5.74) is 0.540. The highest BCUT2D eigenvalue weighted by atomic mass is 16.5. The van der Waals surface area contributed by atoms with Crippen molar-refractivity contribution in [2.24, 2.45) is 5.41 Å². The van der Waals surface area contributed by atoms with E-state index in [4.69, 9.17) is 4.74 Å². The van der Waals surface area contributed by atoms with Gasteiger partial charge in [-0.25, -0.2) is 0 Å². The van der Waals surface area contributed by atoms with E-state index in [1.54, 1.807) is 0 Å². The van der Waals surface area contributed by atoms with Gasteiger partial charge in [0.2, 0.25) is 0 Å². The van der Waals surface area contributed by atoms with Crippen molar-refractivity contribution >= 4 is 0 Å². The third kappa shape index (κ3) is 2.20. The minimum atomic E-state index is 0.540. The van der Waals surface area contributed by atoms with Gasteiger partial charge in [-0.05, 0) is 32.6 Å². The zero-order valence-electron chi connectivity index (χ0n) is 7.94. The Balaban J connectivity index is 1.62. The molecule has 70 valence electrons. The van der Waals surface area contributed by atoms with E-state index in [9.17, 15) is 0 Å². The van der Waals surface area contributed by atoms with Gasteiger partial charge in [0.15, 0.2) is 0 Å². The van der Waals surface area contributed by atoms with Crippen LogP contribution >= 0.6 is 0 Å². The molecule has 0 atom stereocenters. The Bertz CT molecular complexity index is 150. The average molecular weight is 169 g/mol. The van der Waals surface area contributed by atoms with Gasteiger partial charge in [0.1, 0.15) is 0 Å². The first-order valence-electron chi connectivity index (χ1n) is 5.16. The molecule has 0 aromatic rings. The van der Waals surface area contributed by atoms with Crippen LogP contribution in [-0.2, 0) is 4.74 Å². The normalized spacial score (nSPS) is 25.8. The smallest absolute Gasteiger partial charge is 0.0534 e. The molecule has 0 aliphatic heterocycles. The quantitative estimate of drug-likeness (QED) is 0.651. The molecule has 2 fully saturated rings. The molecule has 0 bridgehead atoms. The fourth-order valence-corrected chi connectivity index (χ4v) is 1.52. The summed E-state index contributed by atoms with van der Waals surface area (Å²) < 4.78 is 5.47. The van der Waals surface area contributed by atoms with Crippen molar-refractivity contribution < 1.29 is 4.74 Å². The summed E-state index contributed by atoms with van der Waals surface area (Å²) >= 11 is 0. The minimum absolute atomic E-state index is 0.540. The van der Waals surface area contributed by atoms with Crippen molar-refractivity contribution in [3.8, 4) is 0 Å². The summed E-state index contributed by atoms with van der Waals surface area (Å²) in [5.74, 6) is 0. The highest BCUT2D eigenvalue weighted by Crippen LogP contribution is 2.45. The van der Waals surface area contributed by atoms with Crippen molar-refractivity contribution in [2.75, 3.05) is 19.8 Å². The Labute approximate surface area is 74.7 Å². The third-order valence-electron chi connectivity index (χ3n) is 2.91. The second kappa shape index (κ2) is 3.35. The van der Waals surface area contributed by atoms with Crippen LogP contribution in [0.25, 0.3) is 0 Å². The molecule has 0 aromatic heterocycles. The predicted octanol–water partition coefficient (Wildman–Crippen LogP) is 1.56. The second-order valence-corrected chi connectivity index (χ2v) is 4.29. The molecule has 0 unspecified atom stereocenters. The van der Waals surface area contributed by atoms with Crippen LogP contribution in [-0.4, -0.2) is 25.8 Å². The molecule has 0 radical (unpaired) electrons. The van der Waals surface area contributed by atoms with Gasteiger partial charge in [0.05, 0.1) is 6.61 Å². The van der Waals surface area contributed by atoms with Crippen LogP contribution < -0.4 is 5.32 Å². The number of rotatable bonds is 6. The summed E-state index contributed by atoms with van der Waals surface area (Å²) in [6, 6.07) is 0.851. The highest BCUT2D eigenvalue weighted by molar-refractivity contribution is 4.97. The van der Waals surface area contributed by atoms with Gasteiger partial charge in [-0.1, -0.05) is 0 Å². The minimum Gasteiger partial charge on any atom is -0.381 e. The molecular formula is C10H19NO. The maximum Gasteiger partial charge on any atom is 0.0534 e. The number of hydrogen-bond donors (Lipinski definition) is 1. The fraction of sp³-hybridized carbons (Fsp3) is 1.00. The zero-order valence-corrected chi connectivity index (χ0v) is 7.94. The van der Waals surface area contributed by atoms with E-state index in [2.05, 4.69) is 12.2 Å².